The first-order chi connectivity index (χ1) is 36.8. The third-order valence-electron chi connectivity index (χ3n) is 12.2. The third kappa shape index (κ3) is 14.1. The number of phenols is 1. The van der Waals surface area contributed by atoms with Crippen molar-refractivity contribution in [1.82, 2.24) is 56.1 Å². The molecule has 0 radical (unpaired) electrons. The van der Waals surface area contributed by atoms with E-state index in [0.29, 0.717) is 128 Å². The van der Waals surface area contributed by atoms with Crippen LogP contribution >= 0.6 is 0 Å². The number of rotatable bonds is 25. The molecule has 5 amide bonds. The second-order valence-electron chi connectivity index (χ2n) is 17.9. The summed E-state index contributed by atoms with van der Waals surface area (Å²) >= 11 is 0. The van der Waals surface area contributed by atoms with Crippen LogP contribution in [0.2, 0.25) is 0 Å². The number of nitrogens with one attached hydrogen (secondary N) is 5. The minimum absolute atomic E-state index is 0.0291. The van der Waals surface area contributed by atoms with E-state index in [9.17, 15) is 29.1 Å². The van der Waals surface area contributed by atoms with Gasteiger partial charge in [0.05, 0.1) is 93.8 Å². The molecule has 2 aliphatic rings. The van der Waals surface area contributed by atoms with Gasteiger partial charge in [0, 0.05) is 68.1 Å². The van der Waals surface area contributed by atoms with Crippen LogP contribution < -0.4 is 43.1 Å². The molecule has 6 aromatic rings. The average Bonchev–Trinajstić information content (AvgIpc) is 3.97. The standard InChI is InChI=1S/C51H61N15O10/c1-31(57-49(71)33-7-11-35(12-8-33)64(2)29-34-28-56-48-44(58-34)47(52)60-50(53)61-48)6-15-39(68)54-16-20-73-24-26-76-27-25-74-21-17-55-40(69)30-66-45(32-9-13-36(67)14-10-32)42-43(62-66)37-4-3-5-38(41(37)46(42)70)59-51(72)63-65-18-22-75-23-19-65/h3-5,7-14,28,31,67H,6,15-27,29-30H2,1-2H3,(H,54,68)(H,55,69)(H,57,71)(H2,59,63,72)(H4,52,53,56,60,61)/t31-/m1/s1. The van der Waals surface area contributed by atoms with Crippen LogP contribution in [-0.2, 0) is 41.6 Å². The van der Waals surface area contributed by atoms with Crippen molar-refractivity contribution in [2.45, 2.75) is 38.9 Å². The van der Waals surface area contributed by atoms with Crippen LogP contribution in [0.4, 0.5) is 27.9 Å². The Balaban J connectivity index is 0.668. The molecule has 1 aliphatic heterocycles. The zero-order valence-electron chi connectivity index (χ0n) is 42.2. The number of nitrogens with two attached hydrogens (primary N) is 2. The molecule has 3 aromatic heterocycles. The van der Waals surface area contributed by atoms with Crippen molar-refractivity contribution < 1.29 is 48.0 Å². The highest BCUT2D eigenvalue weighted by molar-refractivity contribution is 6.27. The molecule has 3 aromatic carbocycles. The molecule has 4 heterocycles. The van der Waals surface area contributed by atoms with Crippen LogP contribution in [-0.4, -0.2) is 161 Å². The minimum Gasteiger partial charge on any atom is -0.508 e. The predicted octanol–water partition coefficient (Wildman–Crippen LogP) is 2.25. The van der Waals surface area contributed by atoms with Crippen molar-refractivity contribution in [2.75, 3.05) is 108 Å². The van der Waals surface area contributed by atoms with E-state index in [1.165, 1.54) is 16.8 Å². The molecule has 1 fully saturated rings. The van der Waals surface area contributed by atoms with Crippen molar-refractivity contribution in [2.24, 2.45) is 0 Å². The van der Waals surface area contributed by atoms with Gasteiger partial charge >= 0.3 is 6.03 Å². The fourth-order valence-electron chi connectivity index (χ4n) is 8.42. The summed E-state index contributed by atoms with van der Waals surface area (Å²) in [6, 6.07) is 17.8. The number of phenolic OH excluding ortho intramolecular Hbond substituents is 1. The molecular formula is C51H61N15O10. The zero-order valence-corrected chi connectivity index (χ0v) is 42.2. The Bertz CT molecular complexity index is 3020. The highest BCUT2D eigenvalue weighted by atomic mass is 16.5. The van der Waals surface area contributed by atoms with Crippen LogP contribution in [0, 0.1) is 0 Å². The van der Waals surface area contributed by atoms with Crippen LogP contribution in [0.15, 0.2) is 72.9 Å². The van der Waals surface area contributed by atoms with Gasteiger partial charge in [-0.05, 0) is 67.9 Å². The summed E-state index contributed by atoms with van der Waals surface area (Å²) in [5.74, 6) is -0.897. The van der Waals surface area contributed by atoms with E-state index in [4.69, 9.17) is 35.5 Å². The number of nitrogens with zero attached hydrogens (tertiary/aromatic N) is 8. The summed E-state index contributed by atoms with van der Waals surface area (Å²) < 4.78 is 23.6. The maximum atomic E-state index is 14.2. The van der Waals surface area contributed by atoms with Crippen molar-refractivity contribution in [1.29, 1.82) is 0 Å². The Hall–Kier alpha value is -8.36. The number of hydrogen-bond acceptors (Lipinski definition) is 19. The topological polar surface area (TPSA) is 331 Å². The molecule has 1 aliphatic carbocycles. The van der Waals surface area contributed by atoms with Gasteiger partial charge in [0.2, 0.25) is 17.8 Å². The summed E-state index contributed by atoms with van der Waals surface area (Å²) in [6.07, 6.45) is 2.28. The Morgan fingerprint density at radius 2 is 1.53 bits per heavy atom. The largest absolute Gasteiger partial charge is 0.508 e. The number of anilines is 4. The highest BCUT2D eigenvalue weighted by Gasteiger charge is 2.37. The molecule has 400 valence electrons. The minimum atomic E-state index is -0.495. The number of urea groups is 1. The Labute approximate surface area is 437 Å². The number of ketones is 1. The Morgan fingerprint density at radius 3 is 2.24 bits per heavy atom. The molecule has 0 unspecified atom stereocenters. The number of hydrazine groups is 1. The molecule has 8 rings (SSSR count). The Morgan fingerprint density at radius 1 is 0.842 bits per heavy atom. The summed E-state index contributed by atoms with van der Waals surface area (Å²) in [5, 5.41) is 27.9. The first kappa shape index (κ1) is 53.9. The van der Waals surface area contributed by atoms with Gasteiger partial charge in [-0.25, -0.2) is 19.8 Å². The monoisotopic (exact) mass is 1040 g/mol. The van der Waals surface area contributed by atoms with E-state index in [1.807, 2.05) is 31.0 Å². The fraction of sp³-hybridized carbons (Fsp3) is 0.373. The lowest BCUT2D eigenvalue weighted by Crippen LogP contribution is -2.49. The number of morpholine rings is 1. The first-order valence-electron chi connectivity index (χ1n) is 24.7. The van der Waals surface area contributed by atoms with E-state index < -0.39 is 6.03 Å². The molecule has 10 N–H and O–H groups in total. The number of fused-ring (bicyclic) bond motifs is 4. The highest BCUT2D eigenvalue weighted by Crippen LogP contribution is 2.44. The van der Waals surface area contributed by atoms with Gasteiger partial charge in [-0.15, -0.1) is 0 Å². The summed E-state index contributed by atoms with van der Waals surface area (Å²) in [5.41, 5.74) is 19.8. The van der Waals surface area contributed by atoms with Crippen molar-refractivity contribution in [3.63, 3.8) is 0 Å². The maximum absolute atomic E-state index is 14.2. The number of aromatic hydroxyl groups is 1. The number of carbonyl (C=O) groups excluding carboxylic acids is 5. The van der Waals surface area contributed by atoms with E-state index in [-0.39, 0.29) is 85.3 Å². The van der Waals surface area contributed by atoms with Gasteiger partial charge < -0.3 is 61.7 Å². The number of hydrogen-bond donors (Lipinski definition) is 8. The zero-order chi connectivity index (χ0) is 53.6. The lowest BCUT2D eigenvalue weighted by Gasteiger charge is -2.27. The molecule has 1 saturated heterocycles. The normalized spacial score (nSPS) is 13.4. The van der Waals surface area contributed by atoms with Gasteiger partial charge in [0.1, 0.15) is 18.0 Å². The number of amides is 5. The lowest BCUT2D eigenvalue weighted by molar-refractivity contribution is -0.122. The second-order valence-corrected chi connectivity index (χ2v) is 17.9. The quantitative estimate of drug-likeness (QED) is 0.0381. The molecule has 25 nitrogen and oxygen atoms in total. The number of carbonyl (C=O) groups is 5. The van der Waals surface area contributed by atoms with Crippen LogP contribution in [0.25, 0.3) is 33.7 Å². The lowest BCUT2D eigenvalue weighted by atomic mass is 10.0. The second kappa shape index (κ2) is 25.7. The van der Waals surface area contributed by atoms with Gasteiger partial charge in [0.15, 0.2) is 22.8 Å². The van der Waals surface area contributed by atoms with Crippen molar-refractivity contribution in [3.05, 3.63) is 95.3 Å². The molecular weight excluding hydrogens is 983 g/mol. The summed E-state index contributed by atoms with van der Waals surface area (Å²) in [6.45, 7) is 6.40. The molecule has 0 saturated carbocycles. The van der Waals surface area contributed by atoms with Crippen LogP contribution in [0.5, 0.6) is 5.75 Å². The van der Waals surface area contributed by atoms with Gasteiger partial charge in [0.25, 0.3) is 5.91 Å². The van der Waals surface area contributed by atoms with Gasteiger partial charge in [-0.3, -0.25) is 29.3 Å². The van der Waals surface area contributed by atoms with Crippen molar-refractivity contribution in [3.8, 4) is 28.3 Å². The number of benzene rings is 3. The van der Waals surface area contributed by atoms with E-state index in [2.05, 4.69) is 46.6 Å². The van der Waals surface area contributed by atoms with Gasteiger partial charge in [-0.2, -0.15) is 15.1 Å². The van der Waals surface area contributed by atoms with Crippen LogP contribution in [0.1, 0.15) is 51.7 Å². The molecule has 0 bridgehead atoms. The number of aromatic nitrogens is 6. The molecule has 25 heteroatoms. The SMILES string of the molecule is C[C@H](CCC(=O)NCCOCCOCCOCCNC(=O)Cn1nc2c(c1-c1ccc(O)cc1)C(=O)c1c(NC(=O)NN3CCOCC3)cccc1-2)NC(=O)c1ccc(N(C)Cc2cnc3nc(N)nc(N)c3n2)cc1. The first-order valence-corrected chi connectivity index (χ1v) is 24.7. The van der Waals surface area contributed by atoms with E-state index in [1.54, 1.807) is 53.7 Å². The van der Waals surface area contributed by atoms with E-state index >= 15 is 0 Å². The number of nitrogen functional groups attached to an aromatic ring is 2. The third-order valence-corrected chi connectivity index (χ3v) is 12.2. The van der Waals surface area contributed by atoms with E-state index in [0.717, 1.165) is 5.69 Å². The summed E-state index contributed by atoms with van der Waals surface area (Å²) in [4.78, 5) is 84.4. The average molecular weight is 1040 g/mol. The molecule has 76 heavy (non-hydrogen) atoms. The Kier molecular flexibility index (Phi) is 18.3. The van der Waals surface area contributed by atoms with Gasteiger partial charge in [-0.1, -0.05) is 12.1 Å². The smallest absolute Gasteiger partial charge is 0.333 e. The predicted molar refractivity (Wildman–Crippen MR) is 280 cm³/mol. The molecule has 0 spiro atoms. The summed E-state index contributed by atoms with van der Waals surface area (Å²) in [7, 11) is 1.89. The van der Waals surface area contributed by atoms with Crippen molar-refractivity contribution >= 4 is 63.8 Å². The fourth-order valence-corrected chi connectivity index (χ4v) is 8.42. The molecule has 1 atom stereocenters. The maximum Gasteiger partial charge on any atom is 0.333 e. The van der Waals surface area contributed by atoms with Crippen LogP contribution in [0.3, 0.4) is 0 Å². The number of ether oxygens (including phenoxy) is 4.